The predicted octanol–water partition coefficient (Wildman–Crippen LogP) is 2.02. The zero-order valence-electron chi connectivity index (χ0n) is 12.1. The number of rotatable bonds is 3. The number of halogens is 1. The van der Waals surface area contributed by atoms with E-state index in [1.807, 2.05) is 6.07 Å². The molecule has 0 aliphatic carbocycles. The zero-order chi connectivity index (χ0) is 14.1. The van der Waals surface area contributed by atoms with E-state index in [9.17, 15) is 0 Å². The molecule has 1 aliphatic rings. The van der Waals surface area contributed by atoms with Crippen molar-refractivity contribution in [3.8, 4) is 0 Å². The molecule has 2 aromatic rings. The summed E-state index contributed by atoms with van der Waals surface area (Å²) in [5.41, 5.74) is 2.22. The monoisotopic (exact) mass is 292 g/mol. The summed E-state index contributed by atoms with van der Waals surface area (Å²) in [4.78, 5) is 9.47. The summed E-state index contributed by atoms with van der Waals surface area (Å²) in [6, 6.07) is 8.78. The smallest absolute Gasteiger partial charge is 0.124 e. The van der Waals surface area contributed by atoms with E-state index in [2.05, 4.69) is 51.6 Å². The molecule has 0 spiro atoms. The Morgan fingerprint density at radius 1 is 1.25 bits per heavy atom. The molecule has 0 bridgehead atoms. The molecule has 0 amide bonds. The highest BCUT2D eigenvalue weighted by Gasteiger charge is 2.24. The lowest BCUT2D eigenvalue weighted by Crippen LogP contribution is -2.51. The van der Waals surface area contributed by atoms with Gasteiger partial charge in [0.05, 0.1) is 16.9 Å². The summed E-state index contributed by atoms with van der Waals surface area (Å²) < 4.78 is 2.28. The molecule has 1 fully saturated rings. The van der Waals surface area contributed by atoms with Crippen molar-refractivity contribution in [2.24, 2.45) is 0 Å². The normalized spacial score (nSPS) is 21.6. The molecule has 108 valence electrons. The summed E-state index contributed by atoms with van der Waals surface area (Å²) in [5.74, 6) is 1.43. The molecule has 2 heterocycles. The van der Waals surface area contributed by atoms with Crippen molar-refractivity contribution in [2.45, 2.75) is 18.5 Å². The maximum Gasteiger partial charge on any atom is 0.124 e. The number of hydrogen-bond donors (Lipinski definition) is 0. The highest BCUT2D eigenvalue weighted by Crippen LogP contribution is 2.19. The van der Waals surface area contributed by atoms with Gasteiger partial charge in [0.15, 0.2) is 0 Å². The number of para-hydroxylation sites is 2. The second kappa shape index (κ2) is 5.72. The molecular formula is C15H21ClN4. The van der Waals surface area contributed by atoms with Gasteiger partial charge in [-0.3, -0.25) is 4.90 Å². The highest BCUT2D eigenvalue weighted by molar-refractivity contribution is 6.16. The molecule has 0 radical (unpaired) electrons. The number of piperazine rings is 1. The molecule has 0 saturated carbocycles. The Morgan fingerprint density at radius 3 is 2.85 bits per heavy atom. The Kier molecular flexibility index (Phi) is 3.96. The third kappa shape index (κ3) is 2.55. The van der Waals surface area contributed by atoms with Crippen LogP contribution in [-0.2, 0) is 12.4 Å². The number of nitrogens with zero attached hydrogens (tertiary/aromatic N) is 4. The van der Waals surface area contributed by atoms with Crippen molar-refractivity contribution < 1.29 is 0 Å². The van der Waals surface area contributed by atoms with Crippen LogP contribution in [0.5, 0.6) is 0 Å². The second-order valence-corrected chi connectivity index (χ2v) is 5.92. The SMILES string of the molecule is CN1CCN(C)C(Cn2c(CCl)nc3ccccc32)C1. The highest BCUT2D eigenvalue weighted by atomic mass is 35.5. The van der Waals surface area contributed by atoms with Gasteiger partial charge in [-0.15, -0.1) is 11.6 Å². The summed E-state index contributed by atoms with van der Waals surface area (Å²) in [5, 5.41) is 0. The Hall–Kier alpha value is -1.10. The lowest BCUT2D eigenvalue weighted by atomic mass is 10.2. The number of imidazole rings is 1. The van der Waals surface area contributed by atoms with E-state index in [4.69, 9.17) is 11.6 Å². The number of likely N-dealkylation sites (N-methyl/N-ethyl adjacent to an activating group) is 2. The summed E-state index contributed by atoms with van der Waals surface area (Å²) in [6.07, 6.45) is 0. The topological polar surface area (TPSA) is 24.3 Å². The minimum Gasteiger partial charge on any atom is -0.325 e. The van der Waals surface area contributed by atoms with Crippen LogP contribution in [0.3, 0.4) is 0 Å². The van der Waals surface area contributed by atoms with E-state index < -0.39 is 0 Å². The van der Waals surface area contributed by atoms with Crippen molar-refractivity contribution >= 4 is 22.6 Å². The molecule has 1 saturated heterocycles. The molecule has 1 aromatic carbocycles. The summed E-state index contributed by atoms with van der Waals surface area (Å²) >= 11 is 6.08. The summed E-state index contributed by atoms with van der Waals surface area (Å²) in [7, 11) is 4.39. The van der Waals surface area contributed by atoms with Gasteiger partial charge in [-0.1, -0.05) is 12.1 Å². The van der Waals surface area contributed by atoms with Gasteiger partial charge in [0.1, 0.15) is 5.82 Å². The maximum atomic E-state index is 6.08. The summed E-state index contributed by atoms with van der Waals surface area (Å²) in [6.45, 7) is 4.29. The molecule has 4 nitrogen and oxygen atoms in total. The fourth-order valence-electron chi connectivity index (χ4n) is 2.94. The molecule has 1 unspecified atom stereocenters. The molecular weight excluding hydrogens is 272 g/mol. The van der Waals surface area contributed by atoms with Gasteiger partial charge in [-0.2, -0.15) is 0 Å². The van der Waals surface area contributed by atoms with E-state index >= 15 is 0 Å². The number of fused-ring (bicyclic) bond motifs is 1. The van der Waals surface area contributed by atoms with Gasteiger partial charge in [0.2, 0.25) is 0 Å². The molecule has 1 aromatic heterocycles. The second-order valence-electron chi connectivity index (χ2n) is 5.66. The average Bonchev–Trinajstić information content (AvgIpc) is 2.81. The van der Waals surface area contributed by atoms with Crippen molar-refractivity contribution in [3.05, 3.63) is 30.1 Å². The van der Waals surface area contributed by atoms with Crippen LogP contribution in [0.4, 0.5) is 0 Å². The first-order valence-electron chi connectivity index (χ1n) is 7.08. The minimum atomic E-state index is 0.459. The number of hydrogen-bond acceptors (Lipinski definition) is 3. The number of benzene rings is 1. The van der Waals surface area contributed by atoms with Crippen molar-refractivity contribution in [1.82, 2.24) is 19.4 Å². The van der Waals surface area contributed by atoms with Crippen LogP contribution < -0.4 is 0 Å². The van der Waals surface area contributed by atoms with E-state index in [1.165, 1.54) is 5.52 Å². The van der Waals surface area contributed by atoms with E-state index in [0.29, 0.717) is 11.9 Å². The molecule has 5 heteroatoms. The first-order chi connectivity index (χ1) is 9.69. The molecule has 0 N–H and O–H groups in total. The zero-order valence-corrected chi connectivity index (χ0v) is 12.8. The van der Waals surface area contributed by atoms with Crippen LogP contribution >= 0.6 is 11.6 Å². The van der Waals surface area contributed by atoms with E-state index in [-0.39, 0.29) is 0 Å². The van der Waals surface area contributed by atoms with Crippen molar-refractivity contribution in [1.29, 1.82) is 0 Å². The Bertz CT molecular complexity index is 595. The van der Waals surface area contributed by atoms with Crippen LogP contribution in [0.15, 0.2) is 24.3 Å². The third-order valence-corrected chi connectivity index (χ3v) is 4.47. The third-order valence-electron chi connectivity index (χ3n) is 4.23. The molecule has 1 atom stereocenters. The van der Waals surface area contributed by atoms with Crippen LogP contribution in [0.1, 0.15) is 5.82 Å². The predicted molar refractivity (Wildman–Crippen MR) is 83.2 cm³/mol. The fourth-order valence-corrected chi connectivity index (χ4v) is 3.14. The van der Waals surface area contributed by atoms with Gasteiger partial charge in [-0.25, -0.2) is 4.98 Å². The van der Waals surface area contributed by atoms with Gasteiger partial charge in [-0.05, 0) is 26.2 Å². The molecule has 3 rings (SSSR count). The van der Waals surface area contributed by atoms with Gasteiger partial charge in [0, 0.05) is 32.2 Å². The molecule has 1 aliphatic heterocycles. The van der Waals surface area contributed by atoms with Gasteiger partial charge >= 0.3 is 0 Å². The fraction of sp³-hybridized carbons (Fsp3) is 0.533. The first-order valence-corrected chi connectivity index (χ1v) is 7.61. The van der Waals surface area contributed by atoms with Gasteiger partial charge in [0.25, 0.3) is 0 Å². The Labute approximate surface area is 124 Å². The molecule has 20 heavy (non-hydrogen) atoms. The Morgan fingerprint density at radius 2 is 2.05 bits per heavy atom. The maximum absolute atomic E-state index is 6.08. The Balaban J connectivity index is 1.93. The minimum absolute atomic E-state index is 0.459. The van der Waals surface area contributed by atoms with E-state index in [0.717, 1.165) is 37.5 Å². The number of alkyl halides is 1. The average molecular weight is 293 g/mol. The standard InChI is InChI=1S/C15H21ClN4/c1-18-7-8-19(2)12(10-18)11-20-14-6-4-3-5-13(14)17-15(20)9-16/h3-6,12H,7-11H2,1-2H3. The van der Waals surface area contributed by atoms with Gasteiger partial charge < -0.3 is 9.47 Å². The quantitative estimate of drug-likeness (QED) is 0.809. The lowest BCUT2D eigenvalue weighted by molar-refractivity contribution is 0.103. The first kappa shape index (κ1) is 13.9. The van der Waals surface area contributed by atoms with Crippen molar-refractivity contribution in [2.75, 3.05) is 33.7 Å². The lowest BCUT2D eigenvalue weighted by Gasteiger charge is -2.38. The van der Waals surface area contributed by atoms with E-state index in [1.54, 1.807) is 0 Å². The van der Waals surface area contributed by atoms with Crippen molar-refractivity contribution in [3.63, 3.8) is 0 Å². The van der Waals surface area contributed by atoms with Crippen LogP contribution in [0.2, 0.25) is 0 Å². The van der Waals surface area contributed by atoms with Crippen LogP contribution in [0, 0.1) is 0 Å². The largest absolute Gasteiger partial charge is 0.325 e. The number of aromatic nitrogens is 2. The van der Waals surface area contributed by atoms with Crippen LogP contribution in [-0.4, -0.2) is 59.1 Å². The van der Waals surface area contributed by atoms with Crippen LogP contribution in [0.25, 0.3) is 11.0 Å².